The number of aryl methyl sites for hydroxylation is 2. The molecule has 5 nitrogen and oxygen atoms in total. The molecule has 0 atom stereocenters. The van der Waals surface area contributed by atoms with E-state index < -0.39 is 5.82 Å². The molecule has 1 aromatic heterocycles. The van der Waals surface area contributed by atoms with Crippen LogP contribution in [-0.2, 0) is 6.54 Å². The van der Waals surface area contributed by atoms with Gasteiger partial charge in [0.2, 0.25) is 0 Å². The maximum atomic E-state index is 13.9. The highest BCUT2D eigenvalue weighted by atomic mass is 35.5. The lowest BCUT2D eigenvalue weighted by Crippen LogP contribution is -2.48. The Morgan fingerprint density at radius 3 is 2.58 bits per heavy atom. The zero-order valence-electron chi connectivity index (χ0n) is 13.7. The molecule has 1 fully saturated rings. The molecule has 0 aliphatic carbocycles. The minimum absolute atomic E-state index is 0.0432. The van der Waals surface area contributed by atoms with Crippen molar-refractivity contribution in [1.29, 1.82) is 0 Å². The van der Waals surface area contributed by atoms with Crippen molar-refractivity contribution in [3.8, 4) is 0 Å². The minimum atomic E-state index is -0.578. The van der Waals surface area contributed by atoms with Gasteiger partial charge in [-0.05, 0) is 26.0 Å². The molecule has 2 aromatic rings. The van der Waals surface area contributed by atoms with Crippen LogP contribution in [0.1, 0.15) is 27.4 Å². The summed E-state index contributed by atoms with van der Waals surface area (Å²) in [6.45, 7) is 7.05. The van der Waals surface area contributed by atoms with E-state index in [-0.39, 0.29) is 16.5 Å². The van der Waals surface area contributed by atoms with Crippen LogP contribution in [0.3, 0.4) is 0 Å². The zero-order valence-corrected chi connectivity index (χ0v) is 14.4. The molecule has 0 unspecified atom stereocenters. The van der Waals surface area contributed by atoms with E-state index in [0.29, 0.717) is 26.2 Å². The van der Waals surface area contributed by atoms with Crippen molar-refractivity contribution in [2.75, 3.05) is 26.2 Å². The van der Waals surface area contributed by atoms with Crippen LogP contribution in [0.25, 0.3) is 0 Å². The number of rotatable bonds is 3. The number of halogens is 2. The number of hydrogen-bond acceptors (Lipinski definition) is 4. The van der Waals surface area contributed by atoms with Gasteiger partial charge in [-0.2, -0.15) is 0 Å². The number of aromatic nitrogens is 1. The predicted octanol–water partition coefficient (Wildman–Crippen LogP) is 3.04. The van der Waals surface area contributed by atoms with Gasteiger partial charge in [-0.25, -0.2) is 4.39 Å². The van der Waals surface area contributed by atoms with Crippen LogP contribution < -0.4 is 0 Å². The monoisotopic (exact) mass is 351 g/mol. The van der Waals surface area contributed by atoms with Crippen molar-refractivity contribution in [1.82, 2.24) is 15.0 Å². The Bertz CT molecular complexity index is 715. The number of amides is 1. The third-order valence-electron chi connectivity index (χ3n) is 4.40. The summed E-state index contributed by atoms with van der Waals surface area (Å²) in [6, 6.07) is 4.29. The summed E-state index contributed by atoms with van der Waals surface area (Å²) in [5.41, 5.74) is 1.94. The first-order valence-corrected chi connectivity index (χ1v) is 8.22. The van der Waals surface area contributed by atoms with E-state index in [1.165, 1.54) is 18.2 Å². The molecule has 7 heteroatoms. The molecule has 1 amide bonds. The lowest BCUT2D eigenvalue weighted by molar-refractivity contribution is 0.0623. The van der Waals surface area contributed by atoms with Crippen LogP contribution in [0.5, 0.6) is 0 Å². The van der Waals surface area contributed by atoms with Crippen LogP contribution >= 0.6 is 11.6 Å². The fourth-order valence-corrected chi connectivity index (χ4v) is 3.16. The molecular formula is C17H19ClFN3O2. The lowest BCUT2D eigenvalue weighted by Gasteiger charge is -2.34. The summed E-state index contributed by atoms with van der Waals surface area (Å²) in [4.78, 5) is 16.4. The van der Waals surface area contributed by atoms with E-state index in [2.05, 4.69) is 10.1 Å². The number of carbonyl (C=O) groups excluding carboxylic acids is 1. The molecule has 0 saturated carbocycles. The molecule has 0 N–H and O–H groups in total. The van der Waals surface area contributed by atoms with Crippen molar-refractivity contribution < 1.29 is 13.7 Å². The summed E-state index contributed by atoms with van der Waals surface area (Å²) in [6.07, 6.45) is 0. The molecular weight excluding hydrogens is 333 g/mol. The quantitative estimate of drug-likeness (QED) is 0.852. The third kappa shape index (κ3) is 3.30. The fourth-order valence-electron chi connectivity index (χ4n) is 2.92. The van der Waals surface area contributed by atoms with Crippen LogP contribution in [0.4, 0.5) is 4.39 Å². The molecule has 0 bridgehead atoms. The number of piperazine rings is 1. The maximum absolute atomic E-state index is 13.9. The Morgan fingerprint density at radius 1 is 1.29 bits per heavy atom. The Morgan fingerprint density at radius 2 is 2.00 bits per heavy atom. The van der Waals surface area contributed by atoms with Crippen molar-refractivity contribution >= 4 is 17.5 Å². The van der Waals surface area contributed by atoms with Gasteiger partial charge in [0.1, 0.15) is 11.6 Å². The van der Waals surface area contributed by atoms with Gasteiger partial charge in [0, 0.05) is 38.3 Å². The highest BCUT2D eigenvalue weighted by molar-refractivity contribution is 6.33. The van der Waals surface area contributed by atoms with E-state index in [1.807, 2.05) is 13.8 Å². The topological polar surface area (TPSA) is 49.6 Å². The van der Waals surface area contributed by atoms with E-state index in [9.17, 15) is 9.18 Å². The molecule has 1 saturated heterocycles. The zero-order chi connectivity index (χ0) is 17.3. The molecule has 0 spiro atoms. The Labute approximate surface area is 145 Å². The molecule has 1 aliphatic rings. The normalized spacial score (nSPS) is 15.8. The molecule has 128 valence electrons. The van der Waals surface area contributed by atoms with E-state index >= 15 is 0 Å². The second-order valence-corrected chi connectivity index (χ2v) is 6.37. The standard InChI is InChI=1S/C17H19ClFN3O2/c1-11-13(12(2)24-20-11)10-21-6-8-22(9-7-21)17(23)16-14(18)4-3-5-15(16)19/h3-5H,6-10H2,1-2H3. The van der Waals surface area contributed by atoms with Gasteiger partial charge < -0.3 is 9.42 Å². The van der Waals surface area contributed by atoms with E-state index in [4.69, 9.17) is 16.1 Å². The first-order valence-electron chi connectivity index (χ1n) is 7.84. The number of hydrogen-bond donors (Lipinski definition) is 0. The molecule has 24 heavy (non-hydrogen) atoms. The molecule has 1 aromatic carbocycles. The number of benzene rings is 1. The van der Waals surface area contributed by atoms with Crippen LogP contribution in [-0.4, -0.2) is 47.0 Å². The molecule has 3 rings (SSSR count). The smallest absolute Gasteiger partial charge is 0.258 e. The largest absolute Gasteiger partial charge is 0.361 e. The van der Waals surface area contributed by atoms with Crippen molar-refractivity contribution in [3.63, 3.8) is 0 Å². The van der Waals surface area contributed by atoms with Crippen LogP contribution in [0, 0.1) is 19.7 Å². The van der Waals surface area contributed by atoms with Crippen molar-refractivity contribution in [2.24, 2.45) is 0 Å². The number of carbonyl (C=O) groups is 1. The Kier molecular flexibility index (Phi) is 4.87. The molecule has 1 aliphatic heterocycles. The predicted molar refractivity (Wildman–Crippen MR) is 88.6 cm³/mol. The second kappa shape index (κ2) is 6.91. The summed E-state index contributed by atoms with van der Waals surface area (Å²) in [5, 5.41) is 4.11. The first-order chi connectivity index (χ1) is 11.5. The van der Waals surface area contributed by atoms with Crippen molar-refractivity contribution in [2.45, 2.75) is 20.4 Å². The van der Waals surface area contributed by atoms with Gasteiger partial charge in [-0.3, -0.25) is 9.69 Å². The fraction of sp³-hybridized carbons (Fsp3) is 0.412. The second-order valence-electron chi connectivity index (χ2n) is 5.97. The maximum Gasteiger partial charge on any atom is 0.258 e. The number of nitrogens with zero attached hydrogens (tertiary/aromatic N) is 3. The highest BCUT2D eigenvalue weighted by Crippen LogP contribution is 2.22. The molecule has 0 radical (unpaired) electrons. The van der Waals surface area contributed by atoms with Gasteiger partial charge in [-0.1, -0.05) is 22.8 Å². The molecule has 2 heterocycles. The van der Waals surface area contributed by atoms with E-state index in [1.54, 1.807) is 4.90 Å². The summed E-state index contributed by atoms with van der Waals surface area (Å²) in [7, 11) is 0. The summed E-state index contributed by atoms with van der Waals surface area (Å²) >= 11 is 5.99. The SMILES string of the molecule is Cc1noc(C)c1CN1CCN(C(=O)c2c(F)cccc2Cl)CC1. The van der Waals surface area contributed by atoms with E-state index in [0.717, 1.165) is 23.6 Å². The van der Waals surface area contributed by atoms with Crippen molar-refractivity contribution in [3.05, 3.63) is 51.6 Å². The van der Waals surface area contributed by atoms with Gasteiger partial charge in [0.15, 0.2) is 0 Å². The van der Waals surface area contributed by atoms with Crippen LogP contribution in [0.2, 0.25) is 5.02 Å². The third-order valence-corrected chi connectivity index (χ3v) is 4.71. The van der Waals surface area contributed by atoms with Gasteiger partial charge in [0.25, 0.3) is 5.91 Å². The first kappa shape index (κ1) is 16.9. The Hall–Kier alpha value is -1.92. The summed E-state index contributed by atoms with van der Waals surface area (Å²) in [5.74, 6) is -0.107. The summed E-state index contributed by atoms with van der Waals surface area (Å²) < 4.78 is 19.1. The average Bonchev–Trinajstić information content (AvgIpc) is 2.87. The van der Waals surface area contributed by atoms with Gasteiger partial charge in [-0.15, -0.1) is 0 Å². The lowest BCUT2D eigenvalue weighted by atomic mass is 10.1. The Balaban J connectivity index is 1.64. The van der Waals surface area contributed by atoms with Crippen LogP contribution in [0.15, 0.2) is 22.7 Å². The average molecular weight is 352 g/mol. The highest BCUT2D eigenvalue weighted by Gasteiger charge is 2.26. The van der Waals surface area contributed by atoms with Gasteiger partial charge in [0.05, 0.1) is 16.3 Å². The van der Waals surface area contributed by atoms with Gasteiger partial charge >= 0.3 is 0 Å². The minimum Gasteiger partial charge on any atom is -0.361 e.